The van der Waals surface area contributed by atoms with Gasteiger partial charge in [0.15, 0.2) is 10.8 Å². The number of hydrogen-bond donors (Lipinski definition) is 1. The van der Waals surface area contributed by atoms with E-state index in [4.69, 9.17) is 4.74 Å². The molecule has 1 fully saturated rings. The zero-order chi connectivity index (χ0) is 19.6. The van der Waals surface area contributed by atoms with Crippen LogP contribution in [-0.2, 0) is 28.8 Å². The Balaban J connectivity index is 1.52. The van der Waals surface area contributed by atoms with Crippen LogP contribution < -0.4 is 5.32 Å². The molecule has 1 N–H and O–H groups in total. The van der Waals surface area contributed by atoms with Crippen molar-refractivity contribution in [3.8, 4) is 0 Å². The molecular weight excluding hydrogens is 383 g/mol. The van der Waals surface area contributed by atoms with Crippen LogP contribution >= 0.6 is 11.3 Å². The Bertz CT molecular complexity index is 781. The second-order valence-electron chi connectivity index (χ2n) is 6.54. The highest BCUT2D eigenvalue weighted by Crippen LogP contribution is 2.27. The summed E-state index contributed by atoms with van der Waals surface area (Å²) < 4.78 is 44.2. The summed E-state index contributed by atoms with van der Waals surface area (Å²) in [7, 11) is 0. The number of amides is 1. The van der Waals surface area contributed by atoms with Crippen molar-refractivity contribution in [1.82, 2.24) is 19.7 Å². The van der Waals surface area contributed by atoms with E-state index in [0.717, 1.165) is 35.7 Å². The fourth-order valence-electron chi connectivity index (χ4n) is 2.99. The first-order valence-electron chi connectivity index (χ1n) is 8.42. The minimum Gasteiger partial charge on any atom is -0.373 e. The number of anilines is 1. The number of morpholine rings is 1. The van der Waals surface area contributed by atoms with Crippen LogP contribution in [0, 0.1) is 0 Å². The molecule has 1 aliphatic heterocycles. The van der Waals surface area contributed by atoms with Gasteiger partial charge in [0.1, 0.15) is 6.54 Å². The lowest BCUT2D eigenvalue weighted by atomic mass is 10.2. The van der Waals surface area contributed by atoms with Crippen molar-refractivity contribution in [3.05, 3.63) is 29.0 Å². The molecular formula is C16H20F3N5O2S. The molecule has 2 aromatic heterocycles. The van der Waals surface area contributed by atoms with Crippen LogP contribution in [0.2, 0.25) is 0 Å². The Hall–Kier alpha value is -1.98. The molecule has 3 rings (SSSR count). The van der Waals surface area contributed by atoms with Gasteiger partial charge in [0, 0.05) is 31.2 Å². The lowest BCUT2D eigenvalue weighted by Crippen LogP contribution is -2.44. The number of ether oxygens (including phenoxy) is 1. The molecule has 0 saturated carbocycles. The number of carbonyl (C=O) groups excluding carboxylic acids is 1. The van der Waals surface area contributed by atoms with E-state index in [1.165, 1.54) is 11.3 Å². The number of rotatable bonds is 5. The number of nitrogens with zero attached hydrogens (tertiary/aromatic N) is 4. The number of nitrogens with one attached hydrogen (secondary N) is 1. The maximum absolute atomic E-state index is 12.5. The first-order chi connectivity index (χ1) is 12.7. The van der Waals surface area contributed by atoms with Crippen LogP contribution in [0.15, 0.2) is 17.6 Å². The van der Waals surface area contributed by atoms with E-state index in [1.54, 1.807) is 0 Å². The number of halogens is 3. The summed E-state index contributed by atoms with van der Waals surface area (Å²) in [5, 5.41) is 8.22. The van der Waals surface area contributed by atoms with E-state index in [0.29, 0.717) is 11.7 Å². The van der Waals surface area contributed by atoms with E-state index in [-0.39, 0.29) is 18.8 Å². The maximum atomic E-state index is 12.5. The molecule has 11 heteroatoms. The van der Waals surface area contributed by atoms with Crippen molar-refractivity contribution in [2.45, 2.75) is 45.3 Å². The Kier molecular flexibility index (Phi) is 5.82. The monoisotopic (exact) mass is 403 g/mol. The van der Waals surface area contributed by atoms with Crippen LogP contribution in [0.5, 0.6) is 0 Å². The lowest BCUT2D eigenvalue weighted by molar-refractivity contribution is -0.141. The van der Waals surface area contributed by atoms with E-state index >= 15 is 0 Å². The topological polar surface area (TPSA) is 72.3 Å². The molecule has 148 valence electrons. The average molecular weight is 403 g/mol. The van der Waals surface area contributed by atoms with Crippen LogP contribution in [-0.4, -0.2) is 50.9 Å². The molecule has 2 unspecified atom stereocenters. The van der Waals surface area contributed by atoms with Gasteiger partial charge in [-0.05, 0) is 19.9 Å². The molecule has 1 amide bonds. The molecule has 0 radical (unpaired) electrons. The molecule has 2 atom stereocenters. The average Bonchev–Trinajstić information content (AvgIpc) is 3.15. The Morgan fingerprint density at radius 3 is 2.70 bits per heavy atom. The Morgan fingerprint density at radius 2 is 2.07 bits per heavy atom. The van der Waals surface area contributed by atoms with Gasteiger partial charge in [0.05, 0.1) is 17.9 Å². The molecule has 1 aliphatic rings. The van der Waals surface area contributed by atoms with Gasteiger partial charge in [0.2, 0.25) is 5.91 Å². The van der Waals surface area contributed by atoms with Crippen LogP contribution in [0.25, 0.3) is 0 Å². The van der Waals surface area contributed by atoms with Gasteiger partial charge in [-0.25, -0.2) is 4.98 Å². The number of hydrogen-bond acceptors (Lipinski definition) is 6. The largest absolute Gasteiger partial charge is 0.435 e. The molecule has 0 spiro atoms. The van der Waals surface area contributed by atoms with Crippen molar-refractivity contribution >= 4 is 22.4 Å². The SMILES string of the molecule is CC1CN(Cc2csc(NC(=O)Cn3ccc(C(F)(F)F)n3)n2)CC(C)O1. The standard InChI is InChI=1S/C16H20F3N5O2S/c1-10-5-23(6-11(2)26-10)7-12-9-27-15(20-12)21-14(25)8-24-4-3-13(22-24)16(17,18)19/h3-4,9-11H,5-8H2,1-2H3,(H,20,21,25). The molecule has 0 aliphatic carbocycles. The van der Waals surface area contributed by atoms with Gasteiger partial charge in [-0.15, -0.1) is 11.3 Å². The molecule has 7 nitrogen and oxygen atoms in total. The quantitative estimate of drug-likeness (QED) is 0.831. The lowest BCUT2D eigenvalue weighted by Gasteiger charge is -2.34. The fraction of sp³-hybridized carbons (Fsp3) is 0.562. The second-order valence-corrected chi connectivity index (χ2v) is 7.40. The van der Waals surface area contributed by atoms with Crippen molar-refractivity contribution in [2.75, 3.05) is 18.4 Å². The predicted molar refractivity (Wildman–Crippen MR) is 93.3 cm³/mol. The summed E-state index contributed by atoms with van der Waals surface area (Å²) in [6.45, 7) is 6.00. The third-order valence-corrected chi connectivity index (χ3v) is 4.72. The Labute approximate surface area is 158 Å². The first kappa shape index (κ1) is 19.8. The van der Waals surface area contributed by atoms with E-state index < -0.39 is 17.8 Å². The highest BCUT2D eigenvalue weighted by molar-refractivity contribution is 7.13. The highest BCUT2D eigenvalue weighted by atomic mass is 32.1. The van der Waals surface area contributed by atoms with Crippen molar-refractivity contribution < 1.29 is 22.7 Å². The van der Waals surface area contributed by atoms with E-state index in [1.807, 2.05) is 19.2 Å². The number of thiazole rings is 1. The molecule has 2 aromatic rings. The van der Waals surface area contributed by atoms with Crippen LogP contribution in [0.4, 0.5) is 18.3 Å². The molecule has 0 bridgehead atoms. The normalized spacial score (nSPS) is 21.4. The summed E-state index contributed by atoms with van der Waals surface area (Å²) in [5.41, 5.74) is -0.198. The molecule has 1 saturated heterocycles. The van der Waals surface area contributed by atoms with E-state index in [9.17, 15) is 18.0 Å². The number of alkyl halides is 3. The van der Waals surface area contributed by atoms with Gasteiger partial charge < -0.3 is 10.1 Å². The highest BCUT2D eigenvalue weighted by Gasteiger charge is 2.33. The fourth-order valence-corrected chi connectivity index (χ4v) is 3.70. The summed E-state index contributed by atoms with van der Waals surface area (Å²) in [4.78, 5) is 18.6. The van der Waals surface area contributed by atoms with Crippen molar-refractivity contribution in [1.29, 1.82) is 0 Å². The minimum absolute atomic E-state index is 0.155. The zero-order valence-electron chi connectivity index (χ0n) is 14.9. The smallest absolute Gasteiger partial charge is 0.373 e. The molecule has 0 aromatic carbocycles. The summed E-state index contributed by atoms with van der Waals surface area (Å²) >= 11 is 1.28. The minimum atomic E-state index is -4.53. The van der Waals surface area contributed by atoms with Gasteiger partial charge in [0.25, 0.3) is 0 Å². The van der Waals surface area contributed by atoms with Crippen LogP contribution in [0.3, 0.4) is 0 Å². The second kappa shape index (κ2) is 7.95. The van der Waals surface area contributed by atoms with Gasteiger partial charge in [-0.3, -0.25) is 14.4 Å². The van der Waals surface area contributed by atoms with Crippen LogP contribution in [0.1, 0.15) is 25.2 Å². The maximum Gasteiger partial charge on any atom is 0.435 e. The zero-order valence-corrected chi connectivity index (χ0v) is 15.7. The van der Waals surface area contributed by atoms with Crippen molar-refractivity contribution in [3.63, 3.8) is 0 Å². The number of carbonyl (C=O) groups is 1. The third kappa shape index (κ3) is 5.50. The summed E-state index contributed by atoms with van der Waals surface area (Å²) in [6.07, 6.45) is -3.10. The Morgan fingerprint density at radius 1 is 1.37 bits per heavy atom. The molecule has 27 heavy (non-hydrogen) atoms. The van der Waals surface area contributed by atoms with Gasteiger partial charge in [-0.2, -0.15) is 18.3 Å². The molecule has 3 heterocycles. The van der Waals surface area contributed by atoms with Crippen molar-refractivity contribution in [2.24, 2.45) is 0 Å². The predicted octanol–water partition coefficient (Wildman–Crippen LogP) is 2.61. The number of aromatic nitrogens is 3. The third-order valence-electron chi connectivity index (χ3n) is 3.92. The first-order valence-corrected chi connectivity index (χ1v) is 9.29. The van der Waals surface area contributed by atoms with E-state index in [2.05, 4.69) is 20.3 Å². The summed E-state index contributed by atoms with van der Waals surface area (Å²) in [5.74, 6) is -0.485. The summed E-state index contributed by atoms with van der Waals surface area (Å²) in [6, 6.07) is 0.832. The van der Waals surface area contributed by atoms with Gasteiger partial charge in [-0.1, -0.05) is 0 Å². The van der Waals surface area contributed by atoms with Gasteiger partial charge >= 0.3 is 6.18 Å².